The van der Waals surface area contributed by atoms with E-state index in [9.17, 15) is 0 Å². The van der Waals surface area contributed by atoms with Crippen LogP contribution in [0.4, 0.5) is 0 Å². The summed E-state index contributed by atoms with van der Waals surface area (Å²) >= 11 is 0. The van der Waals surface area contributed by atoms with E-state index in [1.807, 2.05) is 60.7 Å². The maximum Gasteiger partial charge on any atom is 0.204 e. The molecule has 0 amide bonds. The maximum absolute atomic E-state index is 9.06. The Morgan fingerprint density at radius 3 is 2.20 bits per heavy atom. The molecule has 5 rings (SSSR count). The first-order valence-electron chi connectivity index (χ1n) is 9.21. The van der Waals surface area contributed by atoms with E-state index < -0.39 is 0 Å². The predicted molar refractivity (Wildman–Crippen MR) is 111 cm³/mol. The lowest BCUT2D eigenvalue weighted by Crippen LogP contribution is -1.91. The molecule has 2 aromatic carbocycles. The van der Waals surface area contributed by atoms with Gasteiger partial charge in [-0.15, -0.1) is 10.2 Å². The fourth-order valence-electron chi connectivity index (χ4n) is 3.21. The molecule has 30 heavy (non-hydrogen) atoms. The Morgan fingerprint density at radius 2 is 1.53 bits per heavy atom. The van der Waals surface area contributed by atoms with Gasteiger partial charge in [-0.1, -0.05) is 36.4 Å². The highest BCUT2D eigenvalue weighted by Gasteiger charge is 2.11. The van der Waals surface area contributed by atoms with Crippen LogP contribution in [-0.2, 0) is 0 Å². The summed E-state index contributed by atoms with van der Waals surface area (Å²) in [6, 6.07) is 25.2. The number of pyridine rings is 1. The Morgan fingerprint density at radius 1 is 0.800 bits per heavy atom. The van der Waals surface area contributed by atoms with Gasteiger partial charge >= 0.3 is 0 Å². The van der Waals surface area contributed by atoms with Gasteiger partial charge in [0.25, 0.3) is 0 Å². The third-order valence-corrected chi connectivity index (χ3v) is 4.73. The summed E-state index contributed by atoms with van der Waals surface area (Å²) in [7, 11) is 0. The molecule has 0 unspecified atom stereocenters. The van der Waals surface area contributed by atoms with Crippen molar-refractivity contribution in [3.63, 3.8) is 0 Å². The zero-order chi connectivity index (χ0) is 20.3. The van der Waals surface area contributed by atoms with Crippen LogP contribution >= 0.6 is 0 Å². The number of tetrazole rings is 1. The summed E-state index contributed by atoms with van der Waals surface area (Å²) < 4.78 is 5.57. The van der Waals surface area contributed by atoms with Crippen LogP contribution in [0.3, 0.4) is 0 Å². The topological polar surface area (TPSA) is 104 Å². The molecule has 0 spiro atoms. The van der Waals surface area contributed by atoms with Gasteiger partial charge in [0.2, 0.25) is 5.82 Å². The summed E-state index contributed by atoms with van der Waals surface area (Å²) in [6.45, 7) is 0. The third kappa shape index (κ3) is 3.34. The van der Waals surface area contributed by atoms with Crippen LogP contribution in [0.1, 0.15) is 5.56 Å². The summed E-state index contributed by atoms with van der Waals surface area (Å²) in [4.78, 5) is 4.78. The van der Waals surface area contributed by atoms with E-state index in [-0.39, 0.29) is 0 Å². The van der Waals surface area contributed by atoms with Gasteiger partial charge in [-0.25, -0.2) is 4.98 Å². The van der Waals surface area contributed by atoms with Crippen LogP contribution in [0.15, 0.2) is 83.5 Å². The Bertz CT molecular complexity index is 1320. The third-order valence-electron chi connectivity index (χ3n) is 4.73. The van der Waals surface area contributed by atoms with Crippen molar-refractivity contribution in [2.24, 2.45) is 0 Å². The van der Waals surface area contributed by atoms with Gasteiger partial charge in [-0.05, 0) is 52.7 Å². The van der Waals surface area contributed by atoms with E-state index in [1.54, 1.807) is 18.4 Å². The average Bonchev–Trinajstić information content (AvgIpc) is 3.54. The van der Waals surface area contributed by atoms with Crippen LogP contribution in [0, 0.1) is 11.3 Å². The number of nitriles is 1. The molecule has 0 aliphatic rings. The average molecular weight is 390 g/mol. The molecular formula is C23H14N6O. The highest BCUT2D eigenvalue weighted by Crippen LogP contribution is 2.31. The molecule has 5 aromatic rings. The molecule has 0 saturated carbocycles. The van der Waals surface area contributed by atoms with Gasteiger partial charge < -0.3 is 4.42 Å². The highest BCUT2D eigenvalue weighted by atomic mass is 16.3. The SMILES string of the molecule is N#Cc1ccc(-c2cc(-c3ccc(-c4nn[nH]n4)cc3)cc(-c3ccco3)n2)cc1. The Kier molecular flexibility index (Phi) is 4.35. The molecule has 142 valence electrons. The molecule has 0 radical (unpaired) electrons. The highest BCUT2D eigenvalue weighted by molar-refractivity contribution is 5.76. The number of benzene rings is 2. The molecule has 3 heterocycles. The predicted octanol–water partition coefficient (Wildman–Crippen LogP) is 4.73. The van der Waals surface area contributed by atoms with E-state index in [2.05, 4.69) is 26.7 Å². The monoisotopic (exact) mass is 390 g/mol. The lowest BCUT2D eigenvalue weighted by atomic mass is 10.00. The summed E-state index contributed by atoms with van der Waals surface area (Å²) in [6.07, 6.45) is 1.63. The second-order valence-corrected chi connectivity index (χ2v) is 6.61. The second kappa shape index (κ2) is 7.45. The zero-order valence-electron chi connectivity index (χ0n) is 15.6. The van der Waals surface area contributed by atoms with Crippen molar-refractivity contribution in [1.29, 1.82) is 5.26 Å². The smallest absolute Gasteiger partial charge is 0.204 e. The van der Waals surface area contributed by atoms with Gasteiger partial charge in [0.1, 0.15) is 5.69 Å². The first kappa shape index (κ1) is 17.5. The molecule has 0 atom stereocenters. The lowest BCUT2D eigenvalue weighted by molar-refractivity contribution is 0.580. The second-order valence-electron chi connectivity index (χ2n) is 6.61. The lowest BCUT2D eigenvalue weighted by Gasteiger charge is -2.09. The van der Waals surface area contributed by atoms with Crippen LogP contribution in [-0.4, -0.2) is 25.6 Å². The van der Waals surface area contributed by atoms with Gasteiger partial charge in [0, 0.05) is 11.1 Å². The fraction of sp³-hybridized carbons (Fsp3) is 0. The summed E-state index contributed by atoms with van der Waals surface area (Å²) in [5.74, 6) is 1.24. The number of nitrogens with one attached hydrogen (secondary N) is 1. The minimum atomic E-state index is 0.547. The number of hydrogen-bond donors (Lipinski definition) is 1. The van der Waals surface area contributed by atoms with Crippen molar-refractivity contribution in [1.82, 2.24) is 25.6 Å². The van der Waals surface area contributed by atoms with Crippen molar-refractivity contribution < 1.29 is 4.42 Å². The van der Waals surface area contributed by atoms with Gasteiger partial charge in [0.15, 0.2) is 5.76 Å². The molecule has 0 aliphatic heterocycles. The van der Waals surface area contributed by atoms with Gasteiger partial charge in [0.05, 0.1) is 23.6 Å². The fourth-order valence-corrected chi connectivity index (χ4v) is 3.21. The molecule has 0 aliphatic carbocycles. The molecular weight excluding hydrogens is 376 g/mol. The zero-order valence-corrected chi connectivity index (χ0v) is 15.6. The molecule has 1 N–H and O–H groups in total. The standard InChI is InChI=1S/C23H14N6O/c24-14-15-3-5-17(6-4-15)20-12-19(13-21(25-20)22-2-1-11-30-22)16-7-9-18(10-8-16)23-26-28-29-27-23/h1-13H,(H,26,27,28,29). The van der Waals surface area contributed by atoms with Gasteiger partial charge in [-0.2, -0.15) is 10.5 Å². The summed E-state index contributed by atoms with van der Waals surface area (Å²) in [5.41, 5.74) is 5.96. The van der Waals surface area contributed by atoms with E-state index in [0.29, 0.717) is 17.1 Å². The number of nitrogens with zero attached hydrogens (tertiary/aromatic N) is 5. The van der Waals surface area contributed by atoms with Crippen LogP contribution in [0.5, 0.6) is 0 Å². The largest absolute Gasteiger partial charge is 0.463 e. The van der Waals surface area contributed by atoms with Crippen molar-refractivity contribution in [2.45, 2.75) is 0 Å². The molecule has 0 bridgehead atoms. The van der Waals surface area contributed by atoms with Gasteiger partial charge in [-0.3, -0.25) is 0 Å². The number of hydrogen-bond acceptors (Lipinski definition) is 6. The first-order valence-corrected chi connectivity index (χ1v) is 9.21. The first-order chi connectivity index (χ1) is 14.8. The van der Waals surface area contributed by atoms with E-state index in [1.165, 1.54) is 0 Å². The number of aromatic nitrogens is 5. The number of aromatic amines is 1. The minimum absolute atomic E-state index is 0.547. The number of rotatable bonds is 4. The summed E-state index contributed by atoms with van der Waals surface area (Å²) in [5, 5.41) is 23.1. The Balaban J connectivity index is 1.60. The molecule has 0 fully saturated rings. The van der Waals surface area contributed by atoms with E-state index in [4.69, 9.17) is 14.7 Å². The number of H-pyrrole nitrogens is 1. The molecule has 7 heteroatoms. The van der Waals surface area contributed by atoms with Crippen molar-refractivity contribution in [3.05, 3.63) is 84.6 Å². The van der Waals surface area contributed by atoms with E-state index in [0.717, 1.165) is 33.6 Å². The quantitative estimate of drug-likeness (QED) is 0.476. The molecule has 0 saturated heterocycles. The normalized spacial score (nSPS) is 10.6. The van der Waals surface area contributed by atoms with Crippen LogP contribution in [0.25, 0.3) is 45.2 Å². The molecule has 7 nitrogen and oxygen atoms in total. The Hall–Kier alpha value is -4.57. The van der Waals surface area contributed by atoms with Crippen LogP contribution < -0.4 is 0 Å². The van der Waals surface area contributed by atoms with Crippen molar-refractivity contribution in [2.75, 3.05) is 0 Å². The Labute approximate surface area is 171 Å². The minimum Gasteiger partial charge on any atom is -0.463 e. The van der Waals surface area contributed by atoms with Crippen molar-refractivity contribution in [3.8, 4) is 51.3 Å². The van der Waals surface area contributed by atoms with Crippen LogP contribution in [0.2, 0.25) is 0 Å². The number of furan rings is 1. The maximum atomic E-state index is 9.06. The van der Waals surface area contributed by atoms with Crippen molar-refractivity contribution >= 4 is 0 Å². The molecule has 3 aromatic heterocycles. The van der Waals surface area contributed by atoms with E-state index >= 15 is 0 Å².